The summed E-state index contributed by atoms with van der Waals surface area (Å²) in [7, 11) is 0. The SMILES string of the molecule is CCCCCCC/C=C\C/C=C\CCCCCCCCCCCCCCCC(=O)OC(COC(=O)CCCCCCCCC)COC(=O)CCCCCCCCCCCCCCCCCCCCCCCCCCCCCCCC. The van der Waals surface area contributed by atoms with Crippen LogP contribution in [0.3, 0.4) is 0 Å². The number of hydrogen-bond acceptors (Lipinski definition) is 6. The smallest absolute Gasteiger partial charge is 0.306 e. The van der Waals surface area contributed by atoms with Crippen molar-refractivity contribution in [2.45, 2.75) is 419 Å². The maximum absolute atomic E-state index is 12.9. The summed E-state index contributed by atoms with van der Waals surface area (Å²) in [6.07, 6.45) is 85.4. The summed E-state index contributed by atoms with van der Waals surface area (Å²) in [5, 5.41) is 0. The highest BCUT2D eigenvalue weighted by atomic mass is 16.6. The summed E-state index contributed by atoms with van der Waals surface area (Å²) in [6.45, 7) is 6.67. The Labute approximate surface area is 500 Å². The van der Waals surface area contributed by atoms with Gasteiger partial charge in [0.25, 0.3) is 0 Å². The zero-order valence-electron chi connectivity index (χ0n) is 54.4. The molecule has 1 unspecified atom stereocenters. The lowest BCUT2D eigenvalue weighted by Gasteiger charge is -2.18. The quantitative estimate of drug-likeness (QED) is 0.0261. The van der Waals surface area contributed by atoms with Crippen LogP contribution in [0.2, 0.25) is 0 Å². The van der Waals surface area contributed by atoms with E-state index in [1.807, 2.05) is 0 Å². The first-order valence-electron chi connectivity index (χ1n) is 36.3. The number of rotatable bonds is 68. The number of hydrogen-bond donors (Lipinski definition) is 0. The first-order valence-corrected chi connectivity index (χ1v) is 36.3. The Kier molecular flexibility index (Phi) is 67.6. The summed E-state index contributed by atoms with van der Waals surface area (Å²) in [5.41, 5.74) is 0. The van der Waals surface area contributed by atoms with Gasteiger partial charge < -0.3 is 14.2 Å². The van der Waals surface area contributed by atoms with Gasteiger partial charge in [-0.1, -0.05) is 366 Å². The standard InChI is InChI=1S/C74H140O6/c1-4-7-10-13-16-18-20-22-24-26-28-30-32-34-35-36-37-38-40-41-43-45-47-49-51-53-55-58-61-64-67-73(76)79-70-71(69-78-72(75)66-63-60-57-15-12-9-6-3)80-74(77)68-65-62-59-56-54-52-50-48-46-44-42-39-33-31-29-27-25-23-21-19-17-14-11-8-5-2/h21,23,27,29,71H,4-20,22,24-26,28,30-70H2,1-3H3/b23-21-,29-27-. The summed E-state index contributed by atoms with van der Waals surface area (Å²) in [6, 6.07) is 0. The summed E-state index contributed by atoms with van der Waals surface area (Å²) in [4.78, 5) is 38.2. The van der Waals surface area contributed by atoms with Gasteiger partial charge in [0, 0.05) is 19.3 Å². The predicted molar refractivity (Wildman–Crippen MR) is 349 cm³/mol. The average Bonchev–Trinajstić information content (AvgIpc) is 3.46. The molecule has 0 N–H and O–H groups in total. The highest BCUT2D eigenvalue weighted by Gasteiger charge is 2.19. The first kappa shape index (κ1) is 77.9. The largest absolute Gasteiger partial charge is 0.462 e. The van der Waals surface area contributed by atoms with E-state index in [4.69, 9.17) is 14.2 Å². The number of unbranched alkanes of at least 4 members (excludes halogenated alkanes) is 53. The minimum Gasteiger partial charge on any atom is -0.462 e. The molecular weight excluding hydrogens is 985 g/mol. The molecule has 0 aromatic rings. The van der Waals surface area contributed by atoms with Crippen molar-refractivity contribution in [2.75, 3.05) is 13.2 Å². The Hall–Kier alpha value is -2.11. The van der Waals surface area contributed by atoms with Crippen molar-refractivity contribution in [1.29, 1.82) is 0 Å². The number of ether oxygens (including phenoxy) is 3. The number of esters is 3. The monoisotopic (exact) mass is 1130 g/mol. The van der Waals surface area contributed by atoms with Crippen LogP contribution in [0.4, 0.5) is 0 Å². The third-order valence-corrected chi connectivity index (χ3v) is 16.7. The van der Waals surface area contributed by atoms with E-state index in [-0.39, 0.29) is 31.1 Å². The van der Waals surface area contributed by atoms with Crippen LogP contribution in [0.5, 0.6) is 0 Å². The number of carbonyl (C=O) groups excluding carboxylic acids is 3. The molecule has 0 aromatic carbocycles. The van der Waals surface area contributed by atoms with E-state index in [2.05, 4.69) is 45.1 Å². The molecule has 80 heavy (non-hydrogen) atoms. The van der Waals surface area contributed by atoms with Crippen LogP contribution in [0.1, 0.15) is 412 Å². The van der Waals surface area contributed by atoms with Crippen LogP contribution in [0.25, 0.3) is 0 Å². The van der Waals surface area contributed by atoms with Crippen molar-refractivity contribution in [3.8, 4) is 0 Å². The van der Waals surface area contributed by atoms with Crippen LogP contribution >= 0.6 is 0 Å². The highest BCUT2D eigenvalue weighted by molar-refractivity contribution is 5.71. The van der Waals surface area contributed by atoms with Gasteiger partial charge in [-0.3, -0.25) is 14.4 Å². The van der Waals surface area contributed by atoms with E-state index in [1.165, 1.54) is 308 Å². The summed E-state index contributed by atoms with van der Waals surface area (Å²) < 4.78 is 16.9. The van der Waals surface area contributed by atoms with Crippen LogP contribution in [-0.4, -0.2) is 37.2 Å². The lowest BCUT2D eigenvalue weighted by Crippen LogP contribution is -2.30. The molecule has 0 radical (unpaired) electrons. The van der Waals surface area contributed by atoms with E-state index >= 15 is 0 Å². The van der Waals surface area contributed by atoms with Crippen molar-refractivity contribution >= 4 is 17.9 Å². The lowest BCUT2D eigenvalue weighted by molar-refractivity contribution is -0.167. The molecule has 6 heteroatoms. The number of carbonyl (C=O) groups is 3. The Morgan fingerprint density at radius 3 is 0.688 bits per heavy atom. The van der Waals surface area contributed by atoms with Crippen LogP contribution in [0, 0.1) is 0 Å². The molecule has 472 valence electrons. The molecule has 0 saturated carbocycles. The fourth-order valence-corrected chi connectivity index (χ4v) is 11.2. The second kappa shape index (κ2) is 69.4. The van der Waals surface area contributed by atoms with Gasteiger partial charge in [-0.05, 0) is 51.4 Å². The Morgan fingerprint density at radius 2 is 0.450 bits per heavy atom. The normalized spacial score (nSPS) is 12.1. The fourth-order valence-electron chi connectivity index (χ4n) is 11.2. The maximum Gasteiger partial charge on any atom is 0.306 e. The average molecular weight is 1130 g/mol. The van der Waals surface area contributed by atoms with Crippen molar-refractivity contribution < 1.29 is 28.6 Å². The molecule has 0 aliphatic heterocycles. The molecular formula is C74H140O6. The second-order valence-electron chi connectivity index (χ2n) is 24.9. The molecule has 0 amide bonds. The highest BCUT2D eigenvalue weighted by Crippen LogP contribution is 2.19. The minimum absolute atomic E-state index is 0.0654. The third-order valence-electron chi connectivity index (χ3n) is 16.7. The molecule has 0 spiro atoms. The van der Waals surface area contributed by atoms with Crippen molar-refractivity contribution in [2.24, 2.45) is 0 Å². The van der Waals surface area contributed by atoms with Gasteiger partial charge in [0.05, 0.1) is 0 Å². The molecule has 0 aliphatic carbocycles. The molecule has 1 atom stereocenters. The molecule has 0 aliphatic rings. The van der Waals surface area contributed by atoms with Crippen LogP contribution < -0.4 is 0 Å². The zero-order chi connectivity index (χ0) is 57.8. The fraction of sp³-hybridized carbons (Fsp3) is 0.905. The number of allylic oxidation sites excluding steroid dienone is 4. The predicted octanol–water partition coefficient (Wildman–Crippen LogP) is 25.0. The Morgan fingerprint density at radius 1 is 0.250 bits per heavy atom. The molecule has 6 nitrogen and oxygen atoms in total. The van der Waals surface area contributed by atoms with Gasteiger partial charge in [-0.2, -0.15) is 0 Å². The van der Waals surface area contributed by atoms with Crippen molar-refractivity contribution in [1.82, 2.24) is 0 Å². The topological polar surface area (TPSA) is 78.9 Å². The van der Waals surface area contributed by atoms with Gasteiger partial charge >= 0.3 is 17.9 Å². The van der Waals surface area contributed by atoms with E-state index in [0.717, 1.165) is 64.2 Å². The van der Waals surface area contributed by atoms with E-state index in [0.29, 0.717) is 19.3 Å². The third kappa shape index (κ3) is 66.7. The van der Waals surface area contributed by atoms with Gasteiger partial charge in [-0.25, -0.2) is 0 Å². The van der Waals surface area contributed by atoms with Crippen molar-refractivity contribution in [3.05, 3.63) is 24.3 Å². The molecule has 0 heterocycles. The van der Waals surface area contributed by atoms with E-state index in [9.17, 15) is 14.4 Å². The molecule has 0 rings (SSSR count). The first-order chi connectivity index (χ1) is 39.5. The van der Waals surface area contributed by atoms with Crippen LogP contribution in [0.15, 0.2) is 24.3 Å². The van der Waals surface area contributed by atoms with Gasteiger partial charge in [-0.15, -0.1) is 0 Å². The lowest BCUT2D eigenvalue weighted by atomic mass is 10.0. The maximum atomic E-state index is 12.9. The Balaban J connectivity index is 3.99. The summed E-state index contributed by atoms with van der Waals surface area (Å²) in [5.74, 6) is -0.844. The minimum atomic E-state index is -0.767. The summed E-state index contributed by atoms with van der Waals surface area (Å²) >= 11 is 0. The second-order valence-corrected chi connectivity index (χ2v) is 24.9. The molecule has 0 fully saturated rings. The van der Waals surface area contributed by atoms with Gasteiger partial charge in [0.2, 0.25) is 0 Å². The molecule has 0 saturated heterocycles. The van der Waals surface area contributed by atoms with Crippen molar-refractivity contribution in [3.63, 3.8) is 0 Å². The molecule has 0 aromatic heterocycles. The Bertz CT molecular complexity index is 1290. The van der Waals surface area contributed by atoms with Gasteiger partial charge in [0.1, 0.15) is 13.2 Å². The zero-order valence-corrected chi connectivity index (χ0v) is 54.4. The van der Waals surface area contributed by atoms with Crippen LogP contribution in [-0.2, 0) is 28.6 Å². The van der Waals surface area contributed by atoms with E-state index in [1.54, 1.807) is 0 Å². The van der Waals surface area contributed by atoms with E-state index < -0.39 is 6.10 Å². The molecule has 0 bridgehead atoms. The van der Waals surface area contributed by atoms with Gasteiger partial charge in [0.15, 0.2) is 6.10 Å².